The zero-order chi connectivity index (χ0) is 14.8. The van der Waals surface area contributed by atoms with Gasteiger partial charge >= 0.3 is 0 Å². The maximum atomic E-state index is 10.8. The summed E-state index contributed by atoms with van der Waals surface area (Å²) in [6, 6.07) is 6.49. The summed E-state index contributed by atoms with van der Waals surface area (Å²) in [5.74, 6) is 0.642. The van der Waals surface area contributed by atoms with E-state index in [1.165, 1.54) is 12.1 Å². The van der Waals surface area contributed by atoms with E-state index in [0.717, 1.165) is 16.4 Å². The summed E-state index contributed by atoms with van der Waals surface area (Å²) in [6.07, 6.45) is 0. The molecule has 1 aromatic carbocycles. The van der Waals surface area contributed by atoms with Gasteiger partial charge in [0.15, 0.2) is 5.17 Å². The lowest BCUT2D eigenvalue weighted by Gasteiger charge is -2.19. The molecule has 1 N–H and O–H groups in total. The number of nitro benzene ring substituents is 1. The largest absolute Gasteiger partial charge is 0.270 e. The van der Waals surface area contributed by atoms with Crippen LogP contribution in [0.25, 0.3) is 0 Å². The van der Waals surface area contributed by atoms with E-state index in [-0.39, 0.29) is 11.2 Å². The van der Waals surface area contributed by atoms with Crippen LogP contribution >= 0.6 is 11.8 Å². The highest BCUT2D eigenvalue weighted by atomic mass is 32.2. The standard InChI is InChI=1S/C13H16N4O2S/c1-13(2,3)14-12-16-15-11(8-20-12)9-5-4-6-10(7-9)17(18)19/h4-7H,8H2,1-3H3,(H,14,16). The van der Waals surface area contributed by atoms with E-state index >= 15 is 0 Å². The Hall–Kier alpha value is -1.89. The third-order valence-electron chi connectivity index (χ3n) is 2.46. The SMILES string of the molecule is CC(C)(C)N=C1NN=C(c2cccc([N+](=O)[O-])c2)CS1. The van der Waals surface area contributed by atoms with Gasteiger partial charge in [0.1, 0.15) is 0 Å². The van der Waals surface area contributed by atoms with E-state index in [0.29, 0.717) is 5.75 Å². The van der Waals surface area contributed by atoms with Crippen molar-refractivity contribution >= 4 is 28.3 Å². The van der Waals surface area contributed by atoms with Crippen LogP contribution in [0.1, 0.15) is 26.3 Å². The predicted molar refractivity (Wildman–Crippen MR) is 82.4 cm³/mol. The van der Waals surface area contributed by atoms with Crippen LogP contribution in [0.5, 0.6) is 0 Å². The fourth-order valence-electron chi connectivity index (χ4n) is 1.63. The lowest BCUT2D eigenvalue weighted by molar-refractivity contribution is -0.384. The summed E-state index contributed by atoms with van der Waals surface area (Å²) in [7, 11) is 0. The molecule has 0 saturated carbocycles. The fourth-order valence-corrected chi connectivity index (χ4v) is 2.58. The Bertz CT molecular complexity index is 590. The number of nitro groups is 1. The monoisotopic (exact) mass is 292 g/mol. The Labute approximate surface area is 121 Å². The van der Waals surface area contributed by atoms with E-state index in [4.69, 9.17) is 0 Å². The van der Waals surface area contributed by atoms with Crippen LogP contribution in [0.4, 0.5) is 5.69 Å². The van der Waals surface area contributed by atoms with E-state index in [1.54, 1.807) is 17.8 Å². The molecule has 0 aliphatic carbocycles. The van der Waals surface area contributed by atoms with Gasteiger partial charge in [-0.25, -0.2) is 0 Å². The second kappa shape index (κ2) is 5.62. The van der Waals surface area contributed by atoms with Crippen molar-refractivity contribution in [1.82, 2.24) is 5.43 Å². The van der Waals surface area contributed by atoms with Gasteiger partial charge < -0.3 is 0 Å². The molecule has 1 aliphatic heterocycles. The number of hydrogen-bond donors (Lipinski definition) is 1. The van der Waals surface area contributed by atoms with Gasteiger partial charge in [0, 0.05) is 23.4 Å². The molecule has 6 nitrogen and oxygen atoms in total. The van der Waals surface area contributed by atoms with Gasteiger partial charge in [-0.05, 0) is 20.8 Å². The number of thioether (sulfide) groups is 1. The molecule has 7 heteroatoms. The van der Waals surface area contributed by atoms with E-state index in [2.05, 4.69) is 15.5 Å². The molecule has 0 amide bonds. The van der Waals surface area contributed by atoms with Crippen LogP contribution in [0.3, 0.4) is 0 Å². The Morgan fingerprint density at radius 1 is 1.45 bits per heavy atom. The Kier molecular flexibility index (Phi) is 4.08. The van der Waals surface area contributed by atoms with Gasteiger partial charge in [0.2, 0.25) is 0 Å². The molecule has 0 radical (unpaired) electrons. The van der Waals surface area contributed by atoms with Gasteiger partial charge in [0.25, 0.3) is 5.69 Å². The van der Waals surface area contributed by atoms with Crippen molar-refractivity contribution in [3.8, 4) is 0 Å². The maximum absolute atomic E-state index is 10.8. The lowest BCUT2D eigenvalue weighted by Crippen LogP contribution is -2.28. The number of nitrogens with zero attached hydrogens (tertiary/aromatic N) is 3. The minimum Gasteiger partial charge on any atom is -0.258 e. The second-order valence-corrected chi connectivity index (χ2v) is 6.32. The summed E-state index contributed by atoms with van der Waals surface area (Å²) in [4.78, 5) is 14.9. The number of nitrogens with one attached hydrogen (secondary N) is 1. The average Bonchev–Trinajstić information content (AvgIpc) is 2.38. The Morgan fingerprint density at radius 3 is 2.75 bits per heavy atom. The number of aliphatic imine (C=N–C) groups is 1. The molecular formula is C13H16N4O2S. The number of benzene rings is 1. The molecule has 20 heavy (non-hydrogen) atoms. The van der Waals surface area contributed by atoms with Crippen LogP contribution in [0.2, 0.25) is 0 Å². The number of amidine groups is 1. The average molecular weight is 292 g/mol. The first-order chi connectivity index (χ1) is 9.35. The quantitative estimate of drug-likeness (QED) is 0.671. The molecule has 0 unspecified atom stereocenters. The second-order valence-electron chi connectivity index (χ2n) is 5.35. The fraction of sp³-hybridized carbons (Fsp3) is 0.385. The van der Waals surface area contributed by atoms with E-state index < -0.39 is 4.92 Å². The van der Waals surface area contributed by atoms with Gasteiger partial charge in [0.05, 0.1) is 16.2 Å². The highest BCUT2D eigenvalue weighted by Crippen LogP contribution is 2.19. The molecule has 0 aromatic heterocycles. The molecule has 1 aromatic rings. The van der Waals surface area contributed by atoms with E-state index in [1.807, 2.05) is 26.8 Å². The summed E-state index contributed by atoms with van der Waals surface area (Å²) in [5, 5.41) is 15.8. The van der Waals surface area contributed by atoms with Crippen molar-refractivity contribution in [2.24, 2.45) is 10.1 Å². The minimum absolute atomic E-state index is 0.0735. The first kappa shape index (κ1) is 14.5. The molecule has 0 bridgehead atoms. The molecule has 106 valence electrons. The third-order valence-corrected chi connectivity index (χ3v) is 3.33. The number of rotatable bonds is 2. The van der Waals surface area contributed by atoms with Crippen molar-refractivity contribution < 1.29 is 4.92 Å². The summed E-state index contributed by atoms with van der Waals surface area (Å²) >= 11 is 1.55. The van der Waals surface area contributed by atoms with Gasteiger partial charge in [-0.15, -0.1) is 0 Å². The van der Waals surface area contributed by atoms with Crippen molar-refractivity contribution in [3.63, 3.8) is 0 Å². The number of hydrogen-bond acceptors (Lipinski definition) is 5. The van der Waals surface area contributed by atoms with Crippen molar-refractivity contribution in [1.29, 1.82) is 0 Å². The van der Waals surface area contributed by atoms with Crippen LogP contribution in [0, 0.1) is 10.1 Å². The Morgan fingerprint density at radius 2 is 2.20 bits per heavy atom. The minimum atomic E-state index is -0.403. The van der Waals surface area contributed by atoms with Gasteiger partial charge in [-0.3, -0.25) is 20.5 Å². The first-order valence-corrected chi connectivity index (χ1v) is 7.14. The molecule has 1 heterocycles. The molecule has 0 saturated heterocycles. The van der Waals surface area contributed by atoms with Crippen molar-refractivity contribution in [2.75, 3.05) is 5.75 Å². The van der Waals surface area contributed by atoms with Gasteiger partial charge in [-0.1, -0.05) is 23.9 Å². The summed E-state index contributed by atoms with van der Waals surface area (Å²) < 4.78 is 0. The number of hydrazone groups is 1. The van der Waals surface area contributed by atoms with Crippen LogP contribution in [0.15, 0.2) is 34.4 Å². The summed E-state index contributed by atoms with van der Waals surface area (Å²) in [6.45, 7) is 6.05. The zero-order valence-corrected chi connectivity index (χ0v) is 12.4. The Balaban J connectivity index is 2.19. The molecule has 1 aliphatic rings. The lowest BCUT2D eigenvalue weighted by atomic mass is 10.1. The topological polar surface area (TPSA) is 79.9 Å². The highest BCUT2D eigenvalue weighted by molar-refractivity contribution is 8.14. The molecule has 0 fully saturated rings. The van der Waals surface area contributed by atoms with Crippen LogP contribution in [-0.2, 0) is 0 Å². The normalized spacial score (nSPS) is 17.6. The van der Waals surface area contributed by atoms with Crippen molar-refractivity contribution in [2.45, 2.75) is 26.3 Å². The maximum Gasteiger partial charge on any atom is 0.270 e. The molecule has 0 spiro atoms. The highest BCUT2D eigenvalue weighted by Gasteiger charge is 2.17. The van der Waals surface area contributed by atoms with Crippen molar-refractivity contribution in [3.05, 3.63) is 39.9 Å². The van der Waals surface area contributed by atoms with Gasteiger partial charge in [-0.2, -0.15) is 5.10 Å². The van der Waals surface area contributed by atoms with E-state index in [9.17, 15) is 10.1 Å². The van der Waals surface area contributed by atoms with Crippen LogP contribution in [-0.4, -0.2) is 27.1 Å². The first-order valence-electron chi connectivity index (χ1n) is 6.15. The molecule has 2 rings (SSSR count). The van der Waals surface area contributed by atoms with Crippen LogP contribution < -0.4 is 5.43 Å². The molecular weight excluding hydrogens is 276 g/mol. The zero-order valence-electron chi connectivity index (χ0n) is 11.6. The number of non-ortho nitro benzene ring substituents is 1. The molecule has 0 atom stereocenters. The summed E-state index contributed by atoms with van der Waals surface area (Å²) in [5.41, 5.74) is 4.36. The third kappa shape index (κ3) is 3.80. The predicted octanol–water partition coefficient (Wildman–Crippen LogP) is 2.79. The smallest absolute Gasteiger partial charge is 0.258 e.